The van der Waals surface area contributed by atoms with E-state index in [9.17, 15) is 4.79 Å². The van der Waals surface area contributed by atoms with Crippen LogP contribution in [-0.2, 0) is 9.53 Å². The van der Waals surface area contributed by atoms with E-state index in [2.05, 4.69) is 10.6 Å². The molecule has 0 unspecified atom stereocenters. The molecular formula is C14H28N2O2. The second kappa shape index (κ2) is 6.53. The van der Waals surface area contributed by atoms with Crippen molar-refractivity contribution in [2.75, 3.05) is 20.8 Å². The molecular weight excluding hydrogens is 228 g/mol. The molecule has 0 aromatic heterocycles. The van der Waals surface area contributed by atoms with Crippen LogP contribution in [0.5, 0.6) is 0 Å². The second-order valence-electron chi connectivity index (χ2n) is 6.13. The Balaban J connectivity index is 2.51. The molecule has 18 heavy (non-hydrogen) atoms. The van der Waals surface area contributed by atoms with E-state index in [-0.39, 0.29) is 17.0 Å². The van der Waals surface area contributed by atoms with Gasteiger partial charge in [-0.25, -0.2) is 0 Å². The third kappa shape index (κ3) is 4.58. The molecule has 1 saturated carbocycles. The summed E-state index contributed by atoms with van der Waals surface area (Å²) in [6.07, 6.45) is 6.49. The van der Waals surface area contributed by atoms with Crippen LogP contribution in [0.25, 0.3) is 0 Å². The maximum atomic E-state index is 12.2. The van der Waals surface area contributed by atoms with Crippen LogP contribution in [0.3, 0.4) is 0 Å². The van der Waals surface area contributed by atoms with Crippen molar-refractivity contribution in [3.8, 4) is 0 Å². The van der Waals surface area contributed by atoms with Gasteiger partial charge in [0.1, 0.15) is 0 Å². The highest BCUT2D eigenvalue weighted by Gasteiger charge is 2.33. The number of nitrogens with one attached hydrogen (secondary N) is 2. The lowest BCUT2D eigenvalue weighted by Crippen LogP contribution is -2.52. The van der Waals surface area contributed by atoms with Gasteiger partial charge in [0.15, 0.2) is 0 Å². The Morgan fingerprint density at radius 1 is 1.28 bits per heavy atom. The highest BCUT2D eigenvalue weighted by Crippen LogP contribution is 2.30. The maximum Gasteiger partial charge on any atom is 0.222 e. The van der Waals surface area contributed by atoms with E-state index in [1.165, 1.54) is 19.3 Å². The van der Waals surface area contributed by atoms with E-state index in [0.717, 1.165) is 12.8 Å². The standard InChI is InChI=1S/C14H28N2O2/c1-13(2,11-18-4)16-12(17)10-14(15-3)8-6-5-7-9-14/h15H,5-11H2,1-4H3,(H,16,17). The van der Waals surface area contributed by atoms with E-state index < -0.39 is 0 Å². The van der Waals surface area contributed by atoms with E-state index in [1.807, 2.05) is 20.9 Å². The van der Waals surface area contributed by atoms with Crippen molar-refractivity contribution >= 4 is 5.91 Å². The maximum absolute atomic E-state index is 12.2. The fourth-order valence-corrected chi connectivity index (χ4v) is 2.87. The predicted octanol–water partition coefficient (Wildman–Crippen LogP) is 1.84. The van der Waals surface area contributed by atoms with Crippen LogP contribution in [0.2, 0.25) is 0 Å². The van der Waals surface area contributed by atoms with Gasteiger partial charge < -0.3 is 15.4 Å². The SMILES string of the molecule is CNC1(CC(=O)NC(C)(C)COC)CCCCC1. The van der Waals surface area contributed by atoms with E-state index in [4.69, 9.17) is 4.74 Å². The summed E-state index contributed by atoms with van der Waals surface area (Å²) < 4.78 is 5.12. The molecule has 0 saturated heterocycles. The van der Waals surface area contributed by atoms with Crippen LogP contribution < -0.4 is 10.6 Å². The molecule has 1 rings (SSSR count). The average molecular weight is 256 g/mol. The third-order valence-electron chi connectivity index (χ3n) is 3.82. The van der Waals surface area contributed by atoms with Gasteiger partial charge in [-0.2, -0.15) is 0 Å². The molecule has 0 aromatic carbocycles. The summed E-state index contributed by atoms with van der Waals surface area (Å²) >= 11 is 0. The van der Waals surface area contributed by atoms with Crippen molar-refractivity contribution in [2.45, 2.75) is 63.5 Å². The molecule has 0 spiro atoms. The number of amides is 1. The lowest BCUT2D eigenvalue weighted by Gasteiger charge is -2.37. The molecule has 0 atom stereocenters. The first kappa shape index (κ1) is 15.4. The number of hydrogen-bond acceptors (Lipinski definition) is 3. The molecule has 0 heterocycles. The minimum Gasteiger partial charge on any atom is -0.382 e. The van der Waals surface area contributed by atoms with Gasteiger partial charge in [-0.1, -0.05) is 19.3 Å². The number of carbonyl (C=O) groups is 1. The van der Waals surface area contributed by atoms with Gasteiger partial charge in [0.05, 0.1) is 12.1 Å². The molecule has 2 N–H and O–H groups in total. The lowest BCUT2D eigenvalue weighted by atomic mass is 9.79. The van der Waals surface area contributed by atoms with Crippen LogP contribution in [-0.4, -0.2) is 37.7 Å². The average Bonchev–Trinajstić information content (AvgIpc) is 2.29. The first-order valence-corrected chi connectivity index (χ1v) is 6.92. The van der Waals surface area contributed by atoms with Crippen LogP contribution in [0.15, 0.2) is 0 Å². The summed E-state index contributed by atoms with van der Waals surface area (Å²) in [5.41, 5.74) is -0.291. The highest BCUT2D eigenvalue weighted by atomic mass is 16.5. The highest BCUT2D eigenvalue weighted by molar-refractivity contribution is 5.78. The molecule has 1 aliphatic carbocycles. The zero-order chi connectivity index (χ0) is 13.6. The minimum atomic E-state index is -0.296. The molecule has 1 fully saturated rings. The van der Waals surface area contributed by atoms with Gasteiger partial charge in [-0.3, -0.25) is 4.79 Å². The lowest BCUT2D eigenvalue weighted by molar-refractivity contribution is -0.125. The molecule has 4 heteroatoms. The zero-order valence-electron chi connectivity index (χ0n) is 12.3. The van der Waals surface area contributed by atoms with Gasteiger partial charge in [0.25, 0.3) is 0 Å². The fraction of sp³-hybridized carbons (Fsp3) is 0.929. The first-order valence-electron chi connectivity index (χ1n) is 6.92. The Hall–Kier alpha value is -0.610. The molecule has 0 radical (unpaired) electrons. The van der Waals surface area contributed by atoms with Gasteiger partial charge >= 0.3 is 0 Å². The Morgan fingerprint density at radius 2 is 1.89 bits per heavy atom. The summed E-state index contributed by atoms with van der Waals surface area (Å²) in [6, 6.07) is 0. The van der Waals surface area contributed by atoms with Crippen molar-refractivity contribution in [2.24, 2.45) is 0 Å². The van der Waals surface area contributed by atoms with Crippen LogP contribution in [0, 0.1) is 0 Å². The van der Waals surface area contributed by atoms with Crippen molar-refractivity contribution in [1.29, 1.82) is 0 Å². The van der Waals surface area contributed by atoms with Crippen molar-refractivity contribution < 1.29 is 9.53 Å². The normalized spacial score (nSPS) is 19.6. The molecule has 4 nitrogen and oxygen atoms in total. The van der Waals surface area contributed by atoms with Crippen LogP contribution in [0.4, 0.5) is 0 Å². The molecule has 0 aliphatic heterocycles. The third-order valence-corrected chi connectivity index (χ3v) is 3.82. The van der Waals surface area contributed by atoms with Gasteiger partial charge in [-0.15, -0.1) is 0 Å². The largest absolute Gasteiger partial charge is 0.382 e. The number of ether oxygens (including phenoxy) is 1. The first-order chi connectivity index (χ1) is 8.43. The van der Waals surface area contributed by atoms with E-state index in [0.29, 0.717) is 13.0 Å². The summed E-state index contributed by atoms with van der Waals surface area (Å²) in [7, 11) is 3.63. The van der Waals surface area contributed by atoms with Crippen molar-refractivity contribution in [3.63, 3.8) is 0 Å². The Kier molecular flexibility index (Phi) is 5.60. The molecule has 1 amide bonds. The summed E-state index contributed by atoms with van der Waals surface area (Å²) in [5, 5.41) is 6.43. The molecule has 0 aromatic rings. The fourth-order valence-electron chi connectivity index (χ4n) is 2.87. The number of rotatable bonds is 6. The molecule has 106 valence electrons. The quantitative estimate of drug-likeness (QED) is 0.762. The van der Waals surface area contributed by atoms with Gasteiger partial charge in [0.2, 0.25) is 5.91 Å². The summed E-state index contributed by atoms with van der Waals surface area (Å²) in [5.74, 6) is 0.119. The molecule has 0 bridgehead atoms. The predicted molar refractivity (Wildman–Crippen MR) is 73.6 cm³/mol. The smallest absolute Gasteiger partial charge is 0.222 e. The number of methoxy groups -OCH3 is 1. The van der Waals surface area contributed by atoms with Crippen LogP contribution >= 0.6 is 0 Å². The monoisotopic (exact) mass is 256 g/mol. The van der Waals surface area contributed by atoms with E-state index in [1.54, 1.807) is 7.11 Å². The van der Waals surface area contributed by atoms with Crippen molar-refractivity contribution in [1.82, 2.24) is 10.6 Å². The van der Waals surface area contributed by atoms with Crippen LogP contribution in [0.1, 0.15) is 52.4 Å². The Morgan fingerprint density at radius 3 is 2.39 bits per heavy atom. The topological polar surface area (TPSA) is 50.4 Å². The zero-order valence-corrected chi connectivity index (χ0v) is 12.3. The van der Waals surface area contributed by atoms with Crippen molar-refractivity contribution in [3.05, 3.63) is 0 Å². The van der Waals surface area contributed by atoms with Gasteiger partial charge in [-0.05, 0) is 33.7 Å². The second-order valence-corrected chi connectivity index (χ2v) is 6.13. The van der Waals surface area contributed by atoms with E-state index >= 15 is 0 Å². The summed E-state index contributed by atoms with van der Waals surface area (Å²) in [6.45, 7) is 4.51. The Labute approximate surface area is 111 Å². The summed E-state index contributed by atoms with van der Waals surface area (Å²) in [4.78, 5) is 12.2. The Bertz CT molecular complexity index is 271. The minimum absolute atomic E-state index is 0.00544. The molecule has 1 aliphatic rings. The number of carbonyl (C=O) groups excluding carboxylic acids is 1. The number of hydrogen-bond donors (Lipinski definition) is 2. The van der Waals surface area contributed by atoms with Gasteiger partial charge in [0, 0.05) is 19.1 Å².